The summed E-state index contributed by atoms with van der Waals surface area (Å²) < 4.78 is 28.3. The van der Waals surface area contributed by atoms with Crippen molar-refractivity contribution in [2.45, 2.75) is 13.8 Å². The maximum atomic E-state index is 12.2. The fraction of sp³-hybridized carbons (Fsp3) is 0.333. The molecule has 0 amide bonds. The molecule has 100 valence electrons. The van der Waals surface area contributed by atoms with Gasteiger partial charge in [0.1, 0.15) is 5.76 Å². The number of rotatable bonds is 7. The lowest BCUT2D eigenvalue weighted by atomic mass is 10.2. The van der Waals surface area contributed by atoms with Crippen molar-refractivity contribution >= 4 is 29.5 Å². The van der Waals surface area contributed by atoms with E-state index < -0.39 is 7.82 Å². The van der Waals surface area contributed by atoms with Crippen LogP contribution in [0.4, 0.5) is 0 Å². The van der Waals surface area contributed by atoms with Crippen LogP contribution >= 0.6 is 23.8 Å². The van der Waals surface area contributed by atoms with Crippen LogP contribution < -0.4 is 0 Å². The zero-order valence-corrected chi connectivity index (χ0v) is 12.9. The van der Waals surface area contributed by atoms with Crippen molar-refractivity contribution in [1.29, 1.82) is 0 Å². The van der Waals surface area contributed by atoms with Crippen molar-refractivity contribution in [3.8, 4) is 0 Å². The van der Waals surface area contributed by atoms with Crippen LogP contribution in [-0.2, 0) is 18.1 Å². The zero-order chi connectivity index (χ0) is 13.6. The molecule has 1 aromatic carbocycles. The molecule has 0 spiro atoms. The highest BCUT2D eigenvalue weighted by Crippen LogP contribution is 2.52. The van der Waals surface area contributed by atoms with Crippen LogP contribution in [0.3, 0.4) is 0 Å². The predicted octanol–water partition coefficient (Wildman–Crippen LogP) is 4.62. The first-order chi connectivity index (χ1) is 8.52. The fourth-order valence-electron chi connectivity index (χ4n) is 1.28. The van der Waals surface area contributed by atoms with Crippen molar-refractivity contribution in [2.75, 3.05) is 13.2 Å². The van der Waals surface area contributed by atoms with Crippen molar-refractivity contribution in [3.63, 3.8) is 0 Å². The molecule has 4 nitrogen and oxygen atoms in total. The molecule has 1 rings (SSSR count). The van der Waals surface area contributed by atoms with Gasteiger partial charge in [-0.1, -0.05) is 40.7 Å². The Balaban J connectivity index is 2.85. The highest BCUT2D eigenvalue weighted by molar-refractivity contribution is 9.10. The van der Waals surface area contributed by atoms with E-state index in [0.29, 0.717) is 5.56 Å². The first-order valence-electron chi connectivity index (χ1n) is 5.55. The number of hydrogen-bond acceptors (Lipinski definition) is 4. The number of benzene rings is 1. The predicted molar refractivity (Wildman–Crippen MR) is 75.1 cm³/mol. The van der Waals surface area contributed by atoms with Gasteiger partial charge in [-0.25, -0.2) is 4.57 Å². The highest BCUT2D eigenvalue weighted by atomic mass is 79.9. The summed E-state index contributed by atoms with van der Waals surface area (Å²) in [6.07, 6.45) is 0. The molecule has 0 radical (unpaired) electrons. The third kappa shape index (κ3) is 4.25. The maximum absolute atomic E-state index is 12.2. The lowest BCUT2D eigenvalue weighted by Gasteiger charge is -2.18. The first kappa shape index (κ1) is 15.4. The Morgan fingerprint density at radius 2 is 1.83 bits per heavy atom. The monoisotopic (exact) mass is 334 g/mol. The van der Waals surface area contributed by atoms with Crippen LogP contribution in [0.25, 0.3) is 5.76 Å². The van der Waals surface area contributed by atoms with Gasteiger partial charge in [0, 0.05) is 10.0 Å². The lowest BCUT2D eigenvalue weighted by molar-refractivity contribution is 0.159. The third-order valence-corrected chi connectivity index (χ3v) is 4.26. The van der Waals surface area contributed by atoms with Crippen molar-refractivity contribution in [1.82, 2.24) is 0 Å². The minimum atomic E-state index is -3.58. The Bertz CT molecular complexity index is 451. The standard InChI is InChI=1S/C12H16BrO4P/c1-4-15-18(14,16-5-2)17-10(3)11-8-6-7-9-12(11)13/h6-9H,3-5H2,1-2H3. The van der Waals surface area contributed by atoms with E-state index in [2.05, 4.69) is 22.5 Å². The van der Waals surface area contributed by atoms with Crippen LogP contribution in [0.5, 0.6) is 0 Å². The van der Waals surface area contributed by atoms with Gasteiger partial charge in [0.05, 0.1) is 13.2 Å². The normalized spacial score (nSPS) is 11.3. The second-order valence-corrected chi connectivity index (χ2v) is 5.72. The van der Waals surface area contributed by atoms with Crippen molar-refractivity contribution in [3.05, 3.63) is 40.9 Å². The van der Waals surface area contributed by atoms with Gasteiger partial charge in [-0.2, -0.15) is 0 Å². The van der Waals surface area contributed by atoms with E-state index in [0.717, 1.165) is 4.47 Å². The quantitative estimate of drug-likeness (QED) is 0.539. The SMILES string of the molecule is C=C(OP(=O)(OCC)OCC)c1ccccc1Br. The molecular formula is C12H16BrO4P. The third-order valence-electron chi connectivity index (χ3n) is 1.97. The van der Waals surface area contributed by atoms with Gasteiger partial charge in [0.2, 0.25) is 0 Å². The second-order valence-electron chi connectivity index (χ2n) is 3.28. The number of phosphoric acid groups is 1. The highest BCUT2D eigenvalue weighted by Gasteiger charge is 2.28. The van der Waals surface area contributed by atoms with Gasteiger partial charge in [-0.15, -0.1) is 0 Å². The smallest absolute Gasteiger partial charge is 0.404 e. The van der Waals surface area contributed by atoms with E-state index in [4.69, 9.17) is 13.6 Å². The first-order valence-corrected chi connectivity index (χ1v) is 7.80. The Labute approximate surface area is 116 Å². The van der Waals surface area contributed by atoms with Crippen molar-refractivity contribution < 1.29 is 18.1 Å². The fourth-order valence-corrected chi connectivity index (χ4v) is 2.96. The summed E-state index contributed by atoms with van der Waals surface area (Å²) in [7, 11) is -3.58. The minimum Gasteiger partial charge on any atom is -0.404 e. The topological polar surface area (TPSA) is 44.8 Å². The van der Waals surface area contributed by atoms with Gasteiger partial charge >= 0.3 is 7.82 Å². The van der Waals surface area contributed by atoms with Gasteiger partial charge in [-0.3, -0.25) is 9.05 Å². The number of halogens is 1. The molecule has 0 heterocycles. The van der Waals surface area contributed by atoms with Gasteiger partial charge < -0.3 is 4.52 Å². The molecule has 0 aromatic heterocycles. The molecule has 0 N–H and O–H groups in total. The van der Waals surface area contributed by atoms with Gasteiger partial charge in [0.15, 0.2) is 0 Å². The Kier molecular flexibility index (Phi) is 6.09. The average Bonchev–Trinajstić information content (AvgIpc) is 2.29. The van der Waals surface area contributed by atoms with E-state index in [9.17, 15) is 4.57 Å². The van der Waals surface area contributed by atoms with E-state index in [1.165, 1.54) is 0 Å². The molecule has 0 saturated heterocycles. The van der Waals surface area contributed by atoms with Crippen LogP contribution in [-0.4, -0.2) is 13.2 Å². The molecule has 0 saturated carbocycles. The lowest BCUT2D eigenvalue weighted by Crippen LogP contribution is -2.00. The second kappa shape index (κ2) is 7.10. The van der Waals surface area contributed by atoms with Crippen molar-refractivity contribution in [2.24, 2.45) is 0 Å². The molecule has 0 atom stereocenters. The number of hydrogen-bond donors (Lipinski definition) is 0. The molecule has 0 aliphatic rings. The Morgan fingerprint density at radius 3 is 2.33 bits per heavy atom. The molecule has 0 aliphatic heterocycles. The summed E-state index contributed by atoms with van der Waals surface area (Å²) in [6, 6.07) is 7.34. The summed E-state index contributed by atoms with van der Waals surface area (Å²) in [4.78, 5) is 0. The largest absolute Gasteiger partial charge is 0.530 e. The Hall–Kier alpha value is -0.610. The summed E-state index contributed by atoms with van der Waals surface area (Å²) in [5.74, 6) is 0.243. The summed E-state index contributed by atoms with van der Waals surface area (Å²) in [5, 5.41) is 0. The molecule has 18 heavy (non-hydrogen) atoms. The molecule has 0 unspecified atom stereocenters. The van der Waals surface area contributed by atoms with Gasteiger partial charge in [-0.05, 0) is 19.9 Å². The zero-order valence-electron chi connectivity index (χ0n) is 10.4. The summed E-state index contributed by atoms with van der Waals surface area (Å²) in [5.41, 5.74) is 0.706. The van der Waals surface area contributed by atoms with Crippen LogP contribution in [0, 0.1) is 0 Å². The van der Waals surface area contributed by atoms with E-state index in [-0.39, 0.29) is 19.0 Å². The Morgan fingerprint density at radius 1 is 1.28 bits per heavy atom. The van der Waals surface area contributed by atoms with Crippen LogP contribution in [0.1, 0.15) is 19.4 Å². The van der Waals surface area contributed by atoms with E-state index in [1.807, 2.05) is 18.2 Å². The minimum absolute atomic E-state index is 0.237. The summed E-state index contributed by atoms with van der Waals surface area (Å²) >= 11 is 3.37. The van der Waals surface area contributed by atoms with E-state index >= 15 is 0 Å². The van der Waals surface area contributed by atoms with Crippen LogP contribution in [0.15, 0.2) is 35.3 Å². The molecule has 1 aromatic rings. The summed E-state index contributed by atoms with van der Waals surface area (Å²) in [6.45, 7) is 7.66. The molecular weight excluding hydrogens is 319 g/mol. The maximum Gasteiger partial charge on any atom is 0.530 e. The molecule has 0 aliphatic carbocycles. The van der Waals surface area contributed by atoms with E-state index in [1.54, 1.807) is 19.9 Å². The van der Waals surface area contributed by atoms with Crippen LogP contribution in [0.2, 0.25) is 0 Å². The molecule has 0 fully saturated rings. The average molecular weight is 335 g/mol. The van der Waals surface area contributed by atoms with Gasteiger partial charge in [0.25, 0.3) is 0 Å². The molecule has 0 bridgehead atoms. The number of phosphoric ester groups is 1. The molecule has 6 heteroatoms.